The summed E-state index contributed by atoms with van der Waals surface area (Å²) in [6.45, 7) is 7.33. The van der Waals surface area contributed by atoms with Gasteiger partial charge in [-0.15, -0.1) is 0 Å². The van der Waals surface area contributed by atoms with Crippen LogP contribution in [0.1, 0.15) is 24.5 Å². The van der Waals surface area contributed by atoms with E-state index in [4.69, 9.17) is 0 Å². The zero-order valence-corrected chi connectivity index (χ0v) is 14.6. The first-order chi connectivity index (χ1) is 10.1. The number of hydrogen-bond acceptors (Lipinski definition) is 5. The van der Waals surface area contributed by atoms with Crippen LogP contribution in [0.2, 0.25) is 0 Å². The van der Waals surface area contributed by atoms with E-state index in [1.165, 1.54) is 16.0 Å². The van der Waals surface area contributed by atoms with Crippen molar-refractivity contribution in [2.75, 3.05) is 18.1 Å². The Balaban J connectivity index is 2.25. The van der Waals surface area contributed by atoms with Gasteiger partial charge in [0.1, 0.15) is 10.8 Å². The summed E-state index contributed by atoms with van der Waals surface area (Å²) in [6, 6.07) is 8.53. The zero-order chi connectivity index (χ0) is 15.2. The molecule has 0 saturated carbocycles. The maximum atomic E-state index is 4.59. The number of aryl methyl sites for hydroxylation is 2. The number of rotatable bonds is 6. The summed E-state index contributed by atoms with van der Waals surface area (Å²) in [6.07, 6.45) is 3.09. The summed E-state index contributed by atoms with van der Waals surface area (Å²) >= 11 is 3.27. The summed E-state index contributed by atoms with van der Waals surface area (Å²) in [5.74, 6) is 0.906. The van der Waals surface area contributed by atoms with Crippen LogP contribution in [0.4, 0.5) is 5.82 Å². The number of hydrogen-bond donors (Lipinski definition) is 1. The minimum absolute atomic E-state index is 0.809. The van der Waals surface area contributed by atoms with E-state index in [1.807, 2.05) is 12.3 Å². The Morgan fingerprint density at radius 3 is 2.62 bits per heavy atom. The molecule has 0 spiro atoms. The number of nitrogens with zero attached hydrogens (tertiary/aromatic N) is 2. The molecule has 1 heterocycles. The fourth-order valence-corrected chi connectivity index (χ4v) is 3.24. The molecule has 1 aromatic heterocycles. The molecule has 0 fully saturated rings. The van der Waals surface area contributed by atoms with Gasteiger partial charge >= 0.3 is 0 Å². The highest BCUT2D eigenvalue weighted by molar-refractivity contribution is 7.99. The van der Waals surface area contributed by atoms with E-state index in [1.54, 1.807) is 23.5 Å². The highest BCUT2D eigenvalue weighted by Gasteiger charge is 2.07. The standard InChI is InChI=1S/C16H21N3S2/c1-5-8-17-14-10-15(19-16(18-14)20-4)21-13-7-6-11(2)9-12(13)3/h6-7,9-10H,5,8H2,1-4H3,(H,17,18,19). The van der Waals surface area contributed by atoms with Gasteiger partial charge in [0, 0.05) is 17.5 Å². The van der Waals surface area contributed by atoms with Gasteiger partial charge in [-0.05, 0) is 38.2 Å². The molecule has 0 aliphatic heterocycles. The molecular formula is C16H21N3S2. The van der Waals surface area contributed by atoms with E-state index < -0.39 is 0 Å². The van der Waals surface area contributed by atoms with Crippen molar-refractivity contribution in [3.8, 4) is 0 Å². The fourth-order valence-electron chi connectivity index (χ4n) is 1.92. The molecule has 1 aromatic carbocycles. The predicted molar refractivity (Wildman–Crippen MR) is 92.6 cm³/mol. The molecule has 0 aliphatic carbocycles. The quantitative estimate of drug-likeness (QED) is 0.471. The normalized spacial score (nSPS) is 10.7. The molecule has 2 rings (SSSR count). The number of nitrogens with one attached hydrogen (secondary N) is 1. The van der Waals surface area contributed by atoms with Crippen LogP contribution < -0.4 is 5.32 Å². The second-order valence-corrected chi connectivity index (χ2v) is 6.71. The molecule has 0 atom stereocenters. The Kier molecular flexibility index (Phi) is 5.94. The summed E-state index contributed by atoms with van der Waals surface area (Å²) < 4.78 is 0. The highest BCUT2D eigenvalue weighted by Crippen LogP contribution is 2.31. The maximum absolute atomic E-state index is 4.59. The summed E-state index contributed by atoms with van der Waals surface area (Å²) in [4.78, 5) is 10.3. The summed E-state index contributed by atoms with van der Waals surface area (Å²) in [7, 11) is 0. The van der Waals surface area contributed by atoms with Gasteiger partial charge in [0.05, 0.1) is 0 Å². The molecule has 0 aliphatic rings. The minimum Gasteiger partial charge on any atom is -0.370 e. The molecule has 112 valence electrons. The average molecular weight is 319 g/mol. The van der Waals surface area contributed by atoms with Gasteiger partial charge in [-0.2, -0.15) is 0 Å². The van der Waals surface area contributed by atoms with Crippen molar-refractivity contribution in [2.45, 2.75) is 42.3 Å². The Morgan fingerprint density at radius 2 is 1.95 bits per heavy atom. The van der Waals surface area contributed by atoms with Gasteiger partial charge in [-0.1, -0.05) is 48.1 Å². The third kappa shape index (κ3) is 4.64. The Labute approximate surface area is 135 Å². The molecule has 3 nitrogen and oxygen atoms in total. The van der Waals surface area contributed by atoms with E-state index in [2.05, 4.69) is 54.3 Å². The van der Waals surface area contributed by atoms with Crippen molar-refractivity contribution in [1.82, 2.24) is 9.97 Å². The van der Waals surface area contributed by atoms with Gasteiger partial charge in [-0.3, -0.25) is 0 Å². The zero-order valence-electron chi connectivity index (χ0n) is 12.9. The molecule has 0 unspecified atom stereocenters. The lowest BCUT2D eigenvalue weighted by molar-refractivity contribution is 0.878. The maximum Gasteiger partial charge on any atom is 0.190 e. The molecule has 5 heteroatoms. The second-order valence-electron chi connectivity index (χ2n) is 4.88. The van der Waals surface area contributed by atoms with E-state index in [-0.39, 0.29) is 0 Å². The van der Waals surface area contributed by atoms with E-state index in [0.29, 0.717) is 0 Å². The van der Waals surface area contributed by atoms with Crippen LogP contribution in [0.5, 0.6) is 0 Å². The Hall–Kier alpha value is -1.20. The third-order valence-corrected chi connectivity index (χ3v) is 4.61. The lowest BCUT2D eigenvalue weighted by atomic mass is 10.2. The molecule has 2 aromatic rings. The summed E-state index contributed by atoms with van der Waals surface area (Å²) in [5, 5.41) is 5.14. The van der Waals surface area contributed by atoms with Crippen molar-refractivity contribution < 1.29 is 0 Å². The molecule has 0 amide bonds. The Morgan fingerprint density at radius 1 is 1.14 bits per heavy atom. The number of thioether (sulfide) groups is 1. The first-order valence-corrected chi connectivity index (χ1v) is 9.08. The van der Waals surface area contributed by atoms with E-state index in [0.717, 1.165) is 29.0 Å². The largest absolute Gasteiger partial charge is 0.370 e. The number of aromatic nitrogens is 2. The highest BCUT2D eigenvalue weighted by atomic mass is 32.2. The fraction of sp³-hybridized carbons (Fsp3) is 0.375. The average Bonchev–Trinajstić information content (AvgIpc) is 2.48. The van der Waals surface area contributed by atoms with Crippen molar-refractivity contribution in [1.29, 1.82) is 0 Å². The van der Waals surface area contributed by atoms with Gasteiger partial charge in [-0.25, -0.2) is 9.97 Å². The van der Waals surface area contributed by atoms with E-state index in [9.17, 15) is 0 Å². The number of anilines is 1. The van der Waals surface area contributed by atoms with Crippen LogP contribution in [-0.4, -0.2) is 22.8 Å². The minimum atomic E-state index is 0.809. The smallest absolute Gasteiger partial charge is 0.190 e. The van der Waals surface area contributed by atoms with Crippen molar-refractivity contribution in [2.24, 2.45) is 0 Å². The second kappa shape index (κ2) is 7.71. The van der Waals surface area contributed by atoms with Crippen LogP contribution in [0.3, 0.4) is 0 Å². The molecule has 21 heavy (non-hydrogen) atoms. The van der Waals surface area contributed by atoms with E-state index >= 15 is 0 Å². The van der Waals surface area contributed by atoms with Gasteiger partial charge in [0.25, 0.3) is 0 Å². The van der Waals surface area contributed by atoms with Crippen LogP contribution in [-0.2, 0) is 0 Å². The van der Waals surface area contributed by atoms with Crippen molar-refractivity contribution in [3.63, 3.8) is 0 Å². The van der Waals surface area contributed by atoms with Crippen molar-refractivity contribution >= 4 is 29.3 Å². The van der Waals surface area contributed by atoms with Crippen LogP contribution in [0.15, 0.2) is 39.3 Å². The molecule has 0 saturated heterocycles. The lowest BCUT2D eigenvalue weighted by Crippen LogP contribution is -2.03. The topological polar surface area (TPSA) is 37.8 Å². The molecule has 0 bridgehead atoms. The summed E-state index contributed by atoms with van der Waals surface area (Å²) in [5.41, 5.74) is 2.57. The SMILES string of the molecule is CCCNc1cc(Sc2ccc(C)cc2C)nc(SC)n1. The van der Waals surface area contributed by atoms with Crippen LogP contribution in [0, 0.1) is 13.8 Å². The van der Waals surface area contributed by atoms with Gasteiger partial charge in [0.2, 0.25) is 0 Å². The van der Waals surface area contributed by atoms with Gasteiger partial charge in [0.15, 0.2) is 5.16 Å². The van der Waals surface area contributed by atoms with Crippen molar-refractivity contribution in [3.05, 3.63) is 35.4 Å². The van der Waals surface area contributed by atoms with Crippen LogP contribution in [0.25, 0.3) is 0 Å². The first kappa shape index (κ1) is 16.2. The molecular weight excluding hydrogens is 298 g/mol. The lowest BCUT2D eigenvalue weighted by Gasteiger charge is -2.09. The third-order valence-electron chi connectivity index (χ3n) is 2.97. The molecule has 0 radical (unpaired) electrons. The van der Waals surface area contributed by atoms with Crippen LogP contribution >= 0.6 is 23.5 Å². The Bertz CT molecular complexity index is 614. The molecule has 1 N–H and O–H groups in total. The number of benzene rings is 1. The predicted octanol–water partition coefficient (Wildman–Crippen LogP) is 4.79. The first-order valence-electron chi connectivity index (χ1n) is 7.04. The monoisotopic (exact) mass is 319 g/mol. The van der Waals surface area contributed by atoms with Gasteiger partial charge < -0.3 is 5.32 Å².